The third-order valence-corrected chi connectivity index (χ3v) is 2.20. The van der Waals surface area contributed by atoms with E-state index < -0.39 is 35.2 Å². The molecule has 0 fully saturated rings. The minimum absolute atomic E-state index is 0.352. The maximum atomic E-state index is 11.9. The second-order valence-corrected chi connectivity index (χ2v) is 5.02. The van der Waals surface area contributed by atoms with E-state index in [0.717, 1.165) is 6.20 Å². The van der Waals surface area contributed by atoms with Crippen molar-refractivity contribution in [2.75, 3.05) is 6.54 Å². The van der Waals surface area contributed by atoms with Crippen LogP contribution < -0.4 is 10.9 Å². The fourth-order valence-electron chi connectivity index (χ4n) is 1.21. The summed E-state index contributed by atoms with van der Waals surface area (Å²) in [5, 5.41) is 1.61. The number of hydrogen-bond donors (Lipinski definition) is 2. The van der Waals surface area contributed by atoms with Crippen LogP contribution >= 0.6 is 0 Å². The van der Waals surface area contributed by atoms with Gasteiger partial charge in [0.15, 0.2) is 0 Å². The highest BCUT2D eigenvalue weighted by Gasteiger charge is 2.28. The Bertz CT molecular complexity index is 529. The zero-order valence-corrected chi connectivity index (χ0v) is 10.7. The summed E-state index contributed by atoms with van der Waals surface area (Å²) in [5.41, 5.74) is -1.64. The molecule has 0 atom stereocenters. The Morgan fingerprint density at radius 3 is 2.37 bits per heavy atom. The van der Waals surface area contributed by atoms with E-state index in [1.807, 2.05) is 0 Å². The van der Waals surface area contributed by atoms with Crippen molar-refractivity contribution in [2.24, 2.45) is 0 Å². The van der Waals surface area contributed by atoms with E-state index in [-0.39, 0.29) is 0 Å². The second kappa shape index (κ2) is 5.02. The molecule has 19 heavy (non-hydrogen) atoms. The Morgan fingerprint density at radius 1 is 1.37 bits per heavy atom. The van der Waals surface area contributed by atoms with Gasteiger partial charge in [0.1, 0.15) is 17.9 Å². The van der Waals surface area contributed by atoms with Crippen LogP contribution in [0.4, 0.5) is 13.2 Å². The van der Waals surface area contributed by atoms with Crippen molar-refractivity contribution in [2.45, 2.75) is 32.4 Å². The third-order valence-electron chi connectivity index (χ3n) is 2.20. The highest BCUT2D eigenvalue weighted by Crippen LogP contribution is 2.16. The van der Waals surface area contributed by atoms with Gasteiger partial charge in [-0.05, 0) is 0 Å². The van der Waals surface area contributed by atoms with Crippen molar-refractivity contribution in [1.29, 1.82) is 0 Å². The van der Waals surface area contributed by atoms with Crippen LogP contribution in [-0.2, 0) is 5.41 Å². The van der Waals surface area contributed by atoms with Gasteiger partial charge in [-0.2, -0.15) is 13.2 Å². The average Bonchev–Trinajstić information content (AvgIpc) is 2.23. The van der Waals surface area contributed by atoms with E-state index in [0.29, 0.717) is 5.82 Å². The molecule has 106 valence electrons. The lowest BCUT2D eigenvalue weighted by Crippen LogP contribution is -2.37. The monoisotopic (exact) mass is 277 g/mol. The number of nitrogens with zero attached hydrogens (tertiary/aromatic N) is 1. The number of amides is 1. The Labute approximate surface area is 107 Å². The molecule has 1 aromatic rings. The van der Waals surface area contributed by atoms with Crippen LogP contribution in [0.1, 0.15) is 37.0 Å². The quantitative estimate of drug-likeness (QED) is 0.857. The first kappa shape index (κ1) is 15.2. The van der Waals surface area contributed by atoms with Crippen molar-refractivity contribution in [3.63, 3.8) is 0 Å². The van der Waals surface area contributed by atoms with Gasteiger partial charge in [-0.1, -0.05) is 20.8 Å². The Balaban J connectivity index is 2.92. The molecule has 0 radical (unpaired) electrons. The number of H-pyrrole nitrogens is 1. The van der Waals surface area contributed by atoms with Crippen molar-refractivity contribution in [3.8, 4) is 0 Å². The van der Waals surface area contributed by atoms with Gasteiger partial charge in [-0.15, -0.1) is 0 Å². The fraction of sp³-hybridized carbons (Fsp3) is 0.545. The van der Waals surface area contributed by atoms with Crippen LogP contribution in [0.5, 0.6) is 0 Å². The molecule has 0 aromatic carbocycles. The molecule has 0 saturated carbocycles. The highest BCUT2D eigenvalue weighted by atomic mass is 19.4. The molecule has 0 bridgehead atoms. The van der Waals surface area contributed by atoms with E-state index in [1.165, 1.54) is 0 Å². The molecule has 1 heterocycles. The van der Waals surface area contributed by atoms with Crippen LogP contribution in [0.15, 0.2) is 11.0 Å². The van der Waals surface area contributed by atoms with Crippen LogP contribution in [0.2, 0.25) is 0 Å². The number of hydrogen-bond acceptors (Lipinski definition) is 3. The predicted octanol–water partition coefficient (Wildman–Crippen LogP) is 1.36. The maximum Gasteiger partial charge on any atom is 0.405 e. The first-order chi connectivity index (χ1) is 8.50. The minimum Gasteiger partial charge on any atom is -0.343 e. The number of aromatic amines is 1. The van der Waals surface area contributed by atoms with Gasteiger partial charge >= 0.3 is 6.18 Å². The second-order valence-electron chi connectivity index (χ2n) is 5.02. The van der Waals surface area contributed by atoms with Crippen molar-refractivity contribution in [1.82, 2.24) is 15.3 Å². The van der Waals surface area contributed by atoms with Gasteiger partial charge in [-0.25, -0.2) is 4.98 Å². The Hall–Kier alpha value is -1.86. The molecule has 5 nitrogen and oxygen atoms in total. The largest absolute Gasteiger partial charge is 0.405 e. The Kier molecular flexibility index (Phi) is 4.02. The summed E-state index contributed by atoms with van der Waals surface area (Å²) in [6, 6.07) is 0. The van der Waals surface area contributed by atoms with Gasteiger partial charge in [0.25, 0.3) is 11.5 Å². The number of carbonyl (C=O) groups excluding carboxylic acids is 1. The molecule has 1 rings (SSSR count). The molecule has 0 aliphatic carbocycles. The van der Waals surface area contributed by atoms with E-state index in [1.54, 1.807) is 26.1 Å². The predicted molar refractivity (Wildman–Crippen MR) is 61.9 cm³/mol. The topological polar surface area (TPSA) is 74.8 Å². The molecular weight excluding hydrogens is 263 g/mol. The highest BCUT2D eigenvalue weighted by molar-refractivity contribution is 5.93. The molecular formula is C11H14F3N3O2. The third kappa shape index (κ3) is 4.38. The smallest absolute Gasteiger partial charge is 0.343 e. The van der Waals surface area contributed by atoms with Crippen molar-refractivity contribution >= 4 is 5.91 Å². The molecule has 0 unspecified atom stereocenters. The Morgan fingerprint density at radius 2 is 1.95 bits per heavy atom. The fourth-order valence-corrected chi connectivity index (χ4v) is 1.21. The van der Waals surface area contributed by atoms with E-state index in [9.17, 15) is 22.8 Å². The molecule has 8 heteroatoms. The first-order valence-electron chi connectivity index (χ1n) is 5.45. The summed E-state index contributed by atoms with van der Waals surface area (Å²) >= 11 is 0. The van der Waals surface area contributed by atoms with E-state index in [2.05, 4.69) is 9.97 Å². The van der Waals surface area contributed by atoms with E-state index in [4.69, 9.17) is 0 Å². The molecule has 1 amide bonds. The molecule has 1 aromatic heterocycles. The molecule has 0 aliphatic rings. The number of halogens is 3. The van der Waals surface area contributed by atoms with Gasteiger partial charge in [0, 0.05) is 11.6 Å². The maximum absolute atomic E-state index is 11.9. The molecule has 0 saturated heterocycles. The van der Waals surface area contributed by atoms with E-state index >= 15 is 0 Å². The molecule has 0 aliphatic heterocycles. The SMILES string of the molecule is CC(C)(C)c1ncc(C(=O)NCC(F)(F)F)c(=O)[nH]1. The van der Waals surface area contributed by atoms with Gasteiger partial charge in [0.2, 0.25) is 0 Å². The van der Waals surface area contributed by atoms with Crippen molar-refractivity contribution < 1.29 is 18.0 Å². The lowest BCUT2D eigenvalue weighted by Gasteiger charge is -2.16. The van der Waals surface area contributed by atoms with Gasteiger partial charge < -0.3 is 10.3 Å². The van der Waals surface area contributed by atoms with Gasteiger partial charge in [-0.3, -0.25) is 9.59 Å². The standard InChI is InChI=1S/C11H14F3N3O2/c1-10(2,3)9-15-4-6(8(19)17-9)7(18)16-5-11(12,13)14/h4H,5H2,1-3H3,(H,16,18)(H,15,17,19). The normalized spacial score (nSPS) is 12.3. The first-order valence-corrected chi connectivity index (χ1v) is 5.45. The number of aromatic nitrogens is 2. The summed E-state index contributed by atoms with van der Waals surface area (Å²) < 4.78 is 35.8. The number of carbonyl (C=O) groups is 1. The minimum atomic E-state index is -4.53. The van der Waals surface area contributed by atoms with Crippen LogP contribution in [-0.4, -0.2) is 28.6 Å². The molecule has 2 N–H and O–H groups in total. The van der Waals surface area contributed by atoms with Crippen LogP contribution in [0, 0.1) is 0 Å². The molecule has 0 spiro atoms. The van der Waals surface area contributed by atoms with Crippen LogP contribution in [0.25, 0.3) is 0 Å². The summed E-state index contributed by atoms with van der Waals surface area (Å²) in [4.78, 5) is 29.3. The number of rotatable bonds is 2. The zero-order valence-electron chi connectivity index (χ0n) is 10.7. The lowest BCUT2D eigenvalue weighted by molar-refractivity contribution is -0.123. The zero-order chi connectivity index (χ0) is 14.8. The summed E-state index contributed by atoms with van der Waals surface area (Å²) in [6.07, 6.45) is -3.55. The summed E-state index contributed by atoms with van der Waals surface area (Å²) in [6.45, 7) is 3.91. The number of alkyl halides is 3. The summed E-state index contributed by atoms with van der Waals surface area (Å²) in [7, 11) is 0. The summed E-state index contributed by atoms with van der Waals surface area (Å²) in [5.74, 6) is -0.753. The van der Waals surface area contributed by atoms with Gasteiger partial charge in [0.05, 0.1) is 0 Å². The van der Waals surface area contributed by atoms with Crippen LogP contribution in [0.3, 0.4) is 0 Å². The number of nitrogens with one attached hydrogen (secondary N) is 2. The lowest BCUT2D eigenvalue weighted by atomic mass is 9.96. The average molecular weight is 277 g/mol. The van der Waals surface area contributed by atoms with Crippen molar-refractivity contribution in [3.05, 3.63) is 27.9 Å².